The number of hydrogen-bond donors (Lipinski definition) is 5. The summed E-state index contributed by atoms with van der Waals surface area (Å²) in [6.07, 6.45) is 4.73. The van der Waals surface area contributed by atoms with Crippen molar-refractivity contribution in [3.8, 4) is 0 Å². The number of hydrogen-bond acceptors (Lipinski definition) is 4. The van der Waals surface area contributed by atoms with Crippen LogP contribution in [0.25, 0.3) is 0 Å². The Labute approximate surface area is 103 Å². The number of aliphatic hydroxyl groups is 1. The van der Waals surface area contributed by atoms with Gasteiger partial charge in [0.05, 0.1) is 6.61 Å². The van der Waals surface area contributed by atoms with Gasteiger partial charge in [0.1, 0.15) is 5.82 Å². The Bertz CT molecular complexity index is 379. The van der Waals surface area contributed by atoms with Gasteiger partial charge in [-0.05, 0) is 6.42 Å². The molecule has 0 saturated carbocycles. The smallest absolute Gasteiger partial charge is 0.328 e. The summed E-state index contributed by atoms with van der Waals surface area (Å²) in [5.74, 6) is -0.445. The lowest BCUT2D eigenvalue weighted by Crippen LogP contribution is -2.48. The van der Waals surface area contributed by atoms with E-state index >= 15 is 0 Å². The van der Waals surface area contributed by atoms with Crippen LogP contribution in [-0.2, 0) is 11.2 Å². The maximum absolute atomic E-state index is 11.3. The molecule has 1 aromatic heterocycles. The maximum atomic E-state index is 11.3. The molecule has 0 spiro atoms. The van der Waals surface area contributed by atoms with E-state index in [1.54, 1.807) is 12.4 Å². The topological polar surface area (TPSA) is 127 Å². The van der Waals surface area contributed by atoms with Crippen molar-refractivity contribution in [2.45, 2.75) is 18.9 Å². The summed E-state index contributed by atoms with van der Waals surface area (Å²) in [5.41, 5.74) is 0. The van der Waals surface area contributed by atoms with Crippen molar-refractivity contribution in [3.05, 3.63) is 18.2 Å². The third kappa shape index (κ3) is 4.83. The number of carboxylic acids is 1. The van der Waals surface area contributed by atoms with Crippen LogP contribution in [0.15, 0.2) is 12.4 Å². The predicted molar refractivity (Wildman–Crippen MR) is 62.0 cm³/mol. The average molecular weight is 256 g/mol. The van der Waals surface area contributed by atoms with Crippen LogP contribution in [0, 0.1) is 0 Å². The van der Waals surface area contributed by atoms with Gasteiger partial charge >= 0.3 is 12.0 Å². The zero-order valence-corrected chi connectivity index (χ0v) is 9.72. The molecule has 5 N–H and O–H groups in total. The van der Waals surface area contributed by atoms with Crippen LogP contribution < -0.4 is 10.6 Å². The molecule has 0 unspecified atom stereocenters. The van der Waals surface area contributed by atoms with E-state index < -0.39 is 24.6 Å². The molecule has 8 heteroatoms. The summed E-state index contributed by atoms with van der Waals surface area (Å²) < 4.78 is 0. The minimum absolute atomic E-state index is 0.393. The summed E-state index contributed by atoms with van der Waals surface area (Å²) >= 11 is 0. The Morgan fingerprint density at radius 3 is 2.83 bits per heavy atom. The van der Waals surface area contributed by atoms with Gasteiger partial charge in [-0.25, -0.2) is 14.6 Å². The first-order valence-electron chi connectivity index (χ1n) is 5.49. The molecule has 1 rings (SSSR count). The second-order valence-electron chi connectivity index (χ2n) is 3.61. The van der Waals surface area contributed by atoms with Crippen molar-refractivity contribution >= 4 is 12.0 Å². The van der Waals surface area contributed by atoms with Gasteiger partial charge in [0, 0.05) is 25.4 Å². The fraction of sp³-hybridized carbons (Fsp3) is 0.500. The molecule has 0 fully saturated rings. The highest BCUT2D eigenvalue weighted by Crippen LogP contribution is 1.93. The van der Waals surface area contributed by atoms with Crippen LogP contribution in [0.3, 0.4) is 0 Å². The molecule has 2 amide bonds. The molecule has 8 nitrogen and oxygen atoms in total. The number of carbonyl (C=O) groups excluding carboxylic acids is 1. The van der Waals surface area contributed by atoms with Gasteiger partial charge in [-0.15, -0.1) is 0 Å². The predicted octanol–water partition coefficient (Wildman–Crippen LogP) is -0.913. The molecule has 0 saturated heterocycles. The van der Waals surface area contributed by atoms with Crippen LogP contribution in [0.5, 0.6) is 0 Å². The summed E-state index contributed by atoms with van der Waals surface area (Å²) in [6, 6.07) is -1.90. The number of rotatable bonds is 7. The number of carboxylic acid groups (broad SMARTS) is 1. The van der Waals surface area contributed by atoms with Gasteiger partial charge in [-0.1, -0.05) is 0 Å². The highest BCUT2D eigenvalue weighted by Gasteiger charge is 2.17. The zero-order chi connectivity index (χ0) is 13.4. The van der Waals surface area contributed by atoms with Crippen molar-refractivity contribution in [2.75, 3.05) is 13.2 Å². The van der Waals surface area contributed by atoms with Crippen molar-refractivity contribution in [3.63, 3.8) is 0 Å². The molecule has 0 radical (unpaired) electrons. The number of aliphatic hydroxyl groups excluding tert-OH is 1. The fourth-order valence-electron chi connectivity index (χ4n) is 1.29. The van der Waals surface area contributed by atoms with Gasteiger partial charge < -0.3 is 25.8 Å². The van der Waals surface area contributed by atoms with E-state index in [4.69, 9.17) is 10.2 Å². The van der Waals surface area contributed by atoms with E-state index in [0.29, 0.717) is 19.4 Å². The quantitative estimate of drug-likeness (QED) is 0.403. The number of imidazole rings is 1. The van der Waals surface area contributed by atoms with Crippen LogP contribution in [-0.4, -0.2) is 51.4 Å². The number of nitrogens with zero attached hydrogens (tertiary/aromatic N) is 1. The summed E-state index contributed by atoms with van der Waals surface area (Å²) in [4.78, 5) is 28.7. The first-order chi connectivity index (χ1) is 8.63. The molecule has 18 heavy (non-hydrogen) atoms. The maximum Gasteiger partial charge on any atom is 0.328 e. The Morgan fingerprint density at radius 1 is 1.50 bits per heavy atom. The summed E-state index contributed by atoms with van der Waals surface area (Å²) in [5, 5.41) is 21.9. The summed E-state index contributed by atoms with van der Waals surface area (Å²) in [6.45, 7) is -0.251. The Kier molecular flexibility index (Phi) is 5.65. The van der Waals surface area contributed by atoms with Crippen molar-refractivity contribution in [1.29, 1.82) is 0 Å². The lowest BCUT2D eigenvalue weighted by atomic mass is 10.3. The van der Waals surface area contributed by atoms with Crippen molar-refractivity contribution in [1.82, 2.24) is 20.6 Å². The van der Waals surface area contributed by atoms with Crippen LogP contribution in [0.1, 0.15) is 12.2 Å². The first kappa shape index (κ1) is 14.0. The summed E-state index contributed by atoms with van der Waals surface area (Å²) in [7, 11) is 0. The van der Waals surface area contributed by atoms with E-state index in [2.05, 4.69) is 20.6 Å². The lowest BCUT2D eigenvalue weighted by Gasteiger charge is -2.12. The third-order valence-corrected chi connectivity index (χ3v) is 2.22. The Hall–Kier alpha value is -2.09. The second-order valence-corrected chi connectivity index (χ2v) is 3.61. The number of urea groups is 1. The highest BCUT2D eigenvalue weighted by molar-refractivity contribution is 5.82. The van der Waals surface area contributed by atoms with Gasteiger partial charge in [0.2, 0.25) is 0 Å². The van der Waals surface area contributed by atoms with Gasteiger partial charge in [0.15, 0.2) is 6.04 Å². The fourth-order valence-corrected chi connectivity index (χ4v) is 1.29. The van der Waals surface area contributed by atoms with E-state index in [9.17, 15) is 9.59 Å². The van der Waals surface area contributed by atoms with Crippen LogP contribution in [0.2, 0.25) is 0 Å². The number of aromatic amines is 1. The standard InChI is InChI=1S/C10H16N4O4/c15-6-7(9(16)17)14-10(18)13-3-1-2-8-11-4-5-12-8/h4-5,7,15H,1-3,6H2,(H,11,12)(H,16,17)(H2,13,14,18)/t7-/m0/s1. The number of aromatic nitrogens is 2. The molecule has 1 atom stereocenters. The van der Waals surface area contributed by atoms with Crippen LogP contribution in [0.4, 0.5) is 4.79 Å². The average Bonchev–Trinajstić information content (AvgIpc) is 2.84. The molecule has 1 aromatic rings. The Morgan fingerprint density at radius 2 is 2.28 bits per heavy atom. The third-order valence-electron chi connectivity index (χ3n) is 2.22. The van der Waals surface area contributed by atoms with Crippen LogP contribution >= 0.6 is 0 Å². The molecule has 0 aliphatic heterocycles. The van der Waals surface area contributed by atoms with E-state index in [1.807, 2.05) is 0 Å². The number of nitrogens with one attached hydrogen (secondary N) is 3. The number of aliphatic carboxylic acids is 1. The van der Waals surface area contributed by atoms with Gasteiger partial charge in [-0.2, -0.15) is 0 Å². The van der Waals surface area contributed by atoms with Crippen molar-refractivity contribution in [2.24, 2.45) is 0 Å². The largest absolute Gasteiger partial charge is 0.480 e. The minimum Gasteiger partial charge on any atom is -0.480 e. The molecule has 1 heterocycles. The molecule has 0 aliphatic carbocycles. The number of carbonyl (C=O) groups is 2. The lowest BCUT2D eigenvalue weighted by molar-refractivity contribution is -0.140. The van der Waals surface area contributed by atoms with E-state index in [0.717, 1.165) is 5.82 Å². The molecule has 0 aromatic carbocycles. The first-order valence-corrected chi connectivity index (χ1v) is 5.49. The van der Waals surface area contributed by atoms with Crippen molar-refractivity contribution < 1.29 is 19.8 Å². The molecular formula is C10H16N4O4. The van der Waals surface area contributed by atoms with Gasteiger partial charge in [-0.3, -0.25) is 0 Å². The highest BCUT2D eigenvalue weighted by atomic mass is 16.4. The van der Waals surface area contributed by atoms with E-state index in [-0.39, 0.29) is 0 Å². The minimum atomic E-state index is -1.28. The Balaban J connectivity index is 2.15. The molecule has 0 bridgehead atoms. The number of H-pyrrole nitrogens is 1. The molecular weight excluding hydrogens is 240 g/mol. The zero-order valence-electron chi connectivity index (χ0n) is 9.72. The van der Waals surface area contributed by atoms with E-state index in [1.165, 1.54) is 0 Å². The second kappa shape index (κ2) is 7.28. The molecule has 0 aliphatic rings. The monoisotopic (exact) mass is 256 g/mol. The normalized spacial score (nSPS) is 11.8. The van der Waals surface area contributed by atoms with Gasteiger partial charge in [0.25, 0.3) is 0 Å². The number of aryl methyl sites for hydroxylation is 1. The number of amides is 2. The molecule has 100 valence electrons. The SMILES string of the molecule is O=C(NCCCc1ncc[nH]1)N[C@@H](CO)C(=O)O.